The molecule has 0 bridgehead atoms. The molecule has 368 valence electrons. The summed E-state index contributed by atoms with van der Waals surface area (Å²) in [6.45, 7) is 33.5. The van der Waals surface area contributed by atoms with Gasteiger partial charge in [0.2, 0.25) is 0 Å². The molecule has 1 fully saturated rings. The van der Waals surface area contributed by atoms with Gasteiger partial charge in [-0.2, -0.15) is 0 Å². The Labute approximate surface area is 433 Å². The molecule has 0 aromatic heterocycles. The molecule has 2 unspecified atom stereocenters. The Morgan fingerprint density at radius 1 is 0.403 bits per heavy atom. The van der Waals surface area contributed by atoms with Crippen molar-refractivity contribution in [3.8, 4) is 11.1 Å². The number of anilines is 8. The van der Waals surface area contributed by atoms with Gasteiger partial charge >= 0.3 is 0 Å². The van der Waals surface area contributed by atoms with Gasteiger partial charge in [0, 0.05) is 50.8 Å². The smallest absolute Gasteiger partial charge is 0.252 e. The van der Waals surface area contributed by atoms with E-state index in [1.54, 1.807) is 0 Å². The summed E-state index contributed by atoms with van der Waals surface area (Å²) in [6, 6.07) is 57.6. The third kappa shape index (κ3) is 7.67. The first kappa shape index (κ1) is 48.3. The molecule has 1 aliphatic carbocycles. The van der Waals surface area contributed by atoms with Crippen molar-refractivity contribution in [1.82, 2.24) is 0 Å². The lowest BCUT2D eigenvalue weighted by Gasteiger charge is -2.50. The molecule has 11 rings (SSSR count). The van der Waals surface area contributed by atoms with Crippen molar-refractivity contribution in [2.45, 2.75) is 168 Å². The highest BCUT2D eigenvalue weighted by Crippen LogP contribution is 2.61. The maximum Gasteiger partial charge on any atom is 0.252 e. The van der Waals surface area contributed by atoms with Gasteiger partial charge in [0.1, 0.15) is 0 Å². The summed E-state index contributed by atoms with van der Waals surface area (Å²) in [6.07, 6.45) is 7.38. The van der Waals surface area contributed by atoms with E-state index in [1.807, 2.05) is 0 Å². The molecule has 0 N–H and O–H groups in total. The molecule has 72 heavy (non-hydrogen) atoms. The minimum absolute atomic E-state index is 0.00852. The predicted octanol–water partition coefficient (Wildman–Crippen LogP) is 17.1. The van der Waals surface area contributed by atoms with Crippen LogP contribution in [0, 0.1) is 0 Å². The summed E-state index contributed by atoms with van der Waals surface area (Å²) in [7, 11) is 0. The van der Waals surface area contributed by atoms with Crippen LogP contribution < -0.4 is 31.1 Å². The Morgan fingerprint density at radius 3 is 1.65 bits per heavy atom. The molecule has 7 aromatic carbocycles. The van der Waals surface area contributed by atoms with Crippen LogP contribution in [0.5, 0.6) is 0 Å². The van der Waals surface area contributed by atoms with Crippen LogP contribution in [0.3, 0.4) is 0 Å². The van der Waals surface area contributed by atoms with Gasteiger partial charge in [-0.05, 0) is 146 Å². The largest absolute Gasteiger partial charge is 0.334 e. The van der Waals surface area contributed by atoms with Crippen molar-refractivity contribution in [3.05, 3.63) is 173 Å². The number of fused-ring (bicyclic) bond motifs is 7. The molecule has 1 saturated carbocycles. The van der Waals surface area contributed by atoms with Crippen molar-refractivity contribution >= 4 is 68.6 Å². The SMILES string of the molecule is CC(C)(C)c1cccc(N2c3cc(C(C)(C)C)ccc3B3c4cc(C(C)(C)C)ccc4N(c4ccc(C(C)(C)C)cc4-c4ccccc4)c4cc(N5c6ccccc6C6(C)CCCCCCC56C)cc2c43)c1. The summed E-state index contributed by atoms with van der Waals surface area (Å²) in [5, 5.41) is 0. The van der Waals surface area contributed by atoms with Crippen molar-refractivity contribution < 1.29 is 0 Å². The number of rotatable bonds is 4. The second-order valence-electron chi connectivity index (χ2n) is 26.6. The van der Waals surface area contributed by atoms with Crippen molar-refractivity contribution in [2.75, 3.05) is 14.7 Å². The molecule has 3 nitrogen and oxygen atoms in total. The molecule has 0 amide bonds. The van der Waals surface area contributed by atoms with Gasteiger partial charge in [-0.1, -0.05) is 207 Å². The molecule has 7 aromatic rings. The normalized spacial score (nSPS) is 19.8. The Hall–Kier alpha value is -6.00. The summed E-state index contributed by atoms with van der Waals surface area (Å²) < 4.78 is 0. The van der Waals surface area contributed by atoms with Crippen LogP contribution in [0.1, 0.15) is 163 Å². The van der Waals surface area contributed by atoms with E-state index in [4.69, 9.17) is 0 Å². The van der Waals surface area contributed by atoms with Crippen molar-refractivity contribution in [3.63, 3.8) is 0 Å². The van der Waals surface area contributed by atoms with Gasteiger partial charge in [-0.15, -0.1) is 0 Å². The van der Waals surface area contributed by atoms with E-state index in [2.05, 4.69) is 257 Å². The Balaban J connectivity index is 1.31. The first-order valence-corrected chi connectivity index (χ1v) is 27.3. The molecule has 3 aliphatic heterocycles. The highest BCUT2D eigenvalue weighted by molar-refractivity contribution is 7.00. The van der Waals surface area contributed by atoms with E-state index in [0.717, 1.165) is 6.42 Å². The molecule has 4 aliphatic rings. The standard InChI is InChI=1S/C68H78BN3/c1-63(2,3)46-27-24-28-50(39-46)70-59-42-49(66(10,11)12)31-34-54(59)69-55-41-48(65(7,8)9)33-36-58(55)71(56-35-32-47(64(4,5)6)40-52(56)45-25-18-17-19-26-45)61-44-51(43-60(70)62(61)69)72-57-30-21-20-29-53(57)67(13)37-22-15-16-23-38-68(67,72)14/h17-21,24-36,39-44H,15-16,22-23,37-38H2,1-14H3. The number of hydrogen-bond acceptors (Lipinski definition) is 3. The Bertz CT molecular complexity index is 3240. The number of para-hydroxylation sites is 1. The van der Waals surface area contributed by atoms with Gasteiger partial charge in [0.05, 0.1) is 11.2 Å². The van der Waals surface area contributed by atoms with Crippen molar-refractivity contribution in [2.24, 2.45) is 0 Å². The fourth-order valence-corrected chi connectivity index (χ4v) is 13.2. The fourth-order valence-electron chi connectivity index (χ4n) is 13.2. The van der Waals surface area contributed by atoms with Gasteiger partial charge in [0.15, 0.2) is 0 Å². The topological polar surface area (TPSA) is 9.72 Å². The maximum atomic E-state index is 2.83. The second kappa shape index (κ2) is 16.8. The van der Waals surface area contributed by atoms with Gasteiger partial charge in [0.25, 0.3) is 6.71 Å². The summed E-state index contributed by atoms with van der Waals surface area (Å²) >= 11 is 0. The lowest BCUT2D eigenvalue weighted by Crippen LogP contribution is -2.61. The Kier molecular flexibility index (Phi) is 11.2. The fraction of sp³-hybridized carbons (Fsp3) is 0.382. The molecule has 4 heteroatoms. The number of nitrogens with zero attached hydrogens (tertiary/aromatic N) is 3. The number of hydrogen-bond donors (Lipinski definition) is 0. The zero-order chi connectivity index (χ0) is 50.9. The zero-order valence-electron chi connectivity index (χ0n) is 46.0. The first-order chi connectivity index (χ1) is 34.0. The third-order valence-corrected chi connectivity index (χ3v) is 17.7. The molecular weight excluding hydrogens is 870 g/mol. The molecule has 0 spiro atoms. The van der Waals surface area contributed by atoms with E-state index in [1.165, 1.54) is 133 Å². The van der Waals surface area contributed by atoms with Crippen LogP contribution in [0.15, 0.2) is 146 Å². The van der Waals surface area contributed by atoms with Crippen LogP contribution in [0.2, 0.25) is 0 Å². The van der Waals surface area contributed by atoms with Crippen LogP contribution in [-0.4, -0.2) is 12.3 Å². The molecule has 0 saturated heterocycles. The molecular formula is C68H78BN3. The van der Waals surface area contributed by atoms with Crippen LogP contribution >= 0.6 is 0 Å². The minimum Gasteiger partial charge on any atom is -0.334 e. The van der Waals surface area contributed by atoms with E-state index >= 15 is 0 Å². The summed E-state index contributed by atoms with van der Waals surface area (Å²) in [5.41, 5.74) is 23.2. The van der Waals surface area contributed by atoms with Gasteiger partial charge in [-0.25, -0.2) is 0 Å². The lowest BCUT2D eigenvalue weighted by atomic mass is 9.33. The molecule has 2 atom stereocenters. The van der Waals surface area contributed by atoms with Gasteiger partial charge < -0.3 is 14.7 Å². The summed E-state index contributed by atoms with van der Waals surface area (Å²) in [5.74, 6) is 0. The third-order valence-electron chi connectivity index (χ3n) is 17.7. The first-order valence-electron chi connectivity index (χ1n) is 27.3. The maximum absolute atomic E-state index is 2.83. The average molecular weight is 948 g/mol. The minimum atomic E-state index is -0.150. The second-order valence-corrected chi connectivity index (χ2v) is 26.6. The average Bonchev–Trinajstić information content (AvgIpc) is 3.51. The molecule has 0 radical (unpaired) electrons. The van der Waals surface area contributed by atoms with E-state index in [-0.39, 0.29) is 39.3 Å². The predicted molar refractivity (Wildman–Crippen MR) is 313 cm³/mol. The quantitative estimate of drug-likeness (QED) is 0.163. The van der Waals surface area contributed by atoms with Crippen LogP contribution in [0.4, 0.5) is 45.5 Å². The molecule has 3 heterocycles. The number of benzene rings is 7. The highest BCUT2D eigenvalue weighted by Gasteiger charge is 2.57. The lowest BCUT2D eigenvalue weighted by molar-refractivity contribution is 0.218. The van der Waals surface area contributed by atoms with E-state index < -0.39 is 0 Å². The highest BCUT2D eigenvalue weighted by atomic mass is 15.3. The zero-order valence-corrected chi connectivity index (χ0v) is 46.0. The van der Waals surface area contributed by atoms with Crippen LogP contribution in [-0.2, 0) is 27.1 Å². The van der Waals surface area contributed by atoms with Crippen molar-refractivity contribution in [1.29, 1.82) is 0 Å². The Morgan fingerprint density at radius 2 is 0.972 bits per heavy atom. The van der Waals surface area contributed by atoms with E-state index in [0.29, 0.717) is 0 Å². The van der Waals surface area contributed by atoms with Gasteiger partial charge in [-0.3, -0.25) is 0 Å². The monoisotopic (exact) mass is 948 g/mol. The summed E-state index contributed by atoms with van der Waals surface area (Å²) in [4.78, 5) is 8.20. The van der Waals surface area contributed by atoms with Crippen LogP contribution in [0.25, 0.3) is 11.1 Å². The van der Waals surface area contributed by atoms with E-state index in [9.17, 15) is 0 Å².